The van der Waals surface area contributed by atoms with Crippen LogP contribution in [0.4, 0.5) is 0 Å². The van der Waals surface area contributed by atoms with Gasteiger partial charge in [0, 0.05) is 28.7 Å². The van der Waals surface area contributed by atoms with Crippen molar-refractivity contribution in [3.8, 4) is 0 Å². The number of nitrogens with zero attached hydrogens (tertiary/aromatic N) is 3. The highest BCUT2D eigenvalue weighted by atomic mass is 32.2. The van der Waals surface area contributed by atoms with Crippen LogP contribution in [0, 0.1) is 0 Å². The number of nitrogens with two attached hydrogens (primary N) is 1. The average Bonchev–Trinajstić information content (AvgIpc) is 3.24. The molecule has 3 heterocycles. The molecule has 1 saturated heterocycles. The number of rotatable bonds is 10. The highest BCUT2D eigenvalue weighted by Gasteiger charge is 2.54. The van der Waals surface area contributed by atoms with Crippen LogP contribution in [0.3, 0.4) is 0 Å². The zero-order chi connectivity index (χ0) is 23.4. The molecule has 0 unspecified atom stereocenters. The van der Waals surface area contributed by atoms with Crippen LogP contribution in [-0.4, -0.2) is 66.8 Å². The lowest BCUT2D eigenvalue weighted by Crippen LogP contribution is -2.70. The molecule has 0 aliphatic carbocycles. The quantitative estimate of drug-likeness (QED) is 0.312. The third kappa shape index (κ3) is 5.38. The van der Waals surface area contributed by atoms with Crippen LogP contribution in [0.2, 0.25) is 0 Å². The second kappa shape index (κ2) is 10.9. The summed E-state index contributed by atoms with van der Waals surface area (Å²) in [5.41, 5.74) is 7.14. The molecule has 4 rings (SSSR count). The van der Waals surface area contributed by atoms with Crippen LogP contribution in [0.1, 0.15) is 11.3 Å². The third-order valence-corrected chi connectivity index (χ3v) is 9.41. The predicted molar refractivity (Wildman–Crippen MR) is 131 cm³/mol. The molecule has 1 fully saturated rings. The van der Waals surface area contributed by atoms with Crippen molar-refractivity contribution in [3.05, 3.63) is 52.2 Å². The molecule has 0 spiro atoms. The van der Waals surface area contributed by atoms with Crippen LogP contribution >= 0.6 is 46.8 Å². The minimum Gasteiger partial charge on any atom is -0.477 e. The van der Waals surface area contributed by atoms with Crippen LogP contribution in [0.5, 0.6) is 0 Å². The Labute approximate surface area is 207 Å². The molecular weight excluding hydrogens is 503 g/mol. The van der Waals surface area contributed by atoms with Crippen molar-refractivity contribution in [1.29, 1.82) is 0 Å². The lowest BCUT2D eigenvalue weighted by molar-refractivity contribution is -0.150. The number of fused-ring (bicyclic) bond motifs is 1. The molecule has 2 aliphatic heterocycles. The Balaban J connectivity index is 1.45. The van der Waals surface area contributed by atoms with E-state index in [1.54, 1.807) is 11.8 Å². The van der Waals surface area contributed by atoms with Gasteiger partial charge in [-0.3, -0.25) is 14.5 Å². The summed E-state index contributed by atoms with van der Waals surface area (Å²) in [4.78, 5) is 39.2. The minimum atomic E-state index is -1.17. The number of amides is 2. The minimum absolute atomic E-state index is 0.0312. The van der Waals surface area contributed by atoms with Gasteiger partial charge in [-0.05, 0) is 17.1 Å². The Kier molecular flexibility index (Phi) is 7.96. The lowest BCUT2D eigenvalue weighted by Gasteiger charge is -2.49. The first-order valence-electron chi connectivity index (χ1n) is 10.0. The van der Waals surface area contributed by atoms with Gasteiger partial charge in [0.25, 0.3) is 5.91 Å². The largest absolute Gasteiger partial charge is 0.477 e. The number of aliphatic carboxylic acids is 1. The van der Waals surface area contributed by atoms with E-state index in [0.29, 0.717) is 23.0 Å². The maximum atomic E-state index is 12.8. The van der Waals surface area contributed by atoms with Gasteiger partial charge in [0.05, 0.1) is 12.1 Å². The Morgan fingerprint density at radius 2 is 2.09 bits per heavy atom. The summed E-state index contributed by atoms with van der Waals surface area (Å²) < 4.78 is 4.81. The van der Waals surface area contributed by atoms with E-state index in [1.165, 1.54) is 40.0 Å². The smallest absolute Gasteiger partial charge is 0.353 e. The van der Waals surface area contributed by atoms with Gasteiger partial charge in [0.1, 0.15) is 21.3 Å². The van der Waals surface area contributed by atoms with Crippen LogP contribution in [-0.2, 0) is 26.6 Å². The molecule has 9 nitrogen and oxygen atoms in total. The van der Waals surface area contributed by atoms with Crippen molar-refractivity contribution in [2.45, 2.75) is 27.8 Å². The molecule has 1 aromatic carbocycles. The fraction of sp³-hybridized carbons (Fsp3) is 0.350. The summed E-state index contributed by atoms with van der Waals surface area (Å²) in [5.74, 6) is 0.00358. The zero-order valence-corrected chi connectivity index (χ0v) is 20.6. The molecule has 0 saturated carbocycles. The number of carboxylic acid groups (broad SMARTS) is 1. The SMILES string of the molecule is NCCSCc1nnsc1SC1=C(C(=O)O)N2C(=O)[C@@H](NC(=O)Cc3ccccc3)[C@@H]2SC1. The van der Waals surface area contributed by atoms with Gasteiger partial charge in [0.15, 0.2) is 0 Å². The summed E-state index contributed by atoms with van der Waals surface area (Å²) in [5, 5.41) is 16.4. The number of benzene rings is 1. The Morgan fingerprint density at radius 3 is 2.82 bits per heavy atom. The summed E-state index contributed by atoms with van der Waals surface area (Å²) >= 11 is 5.58. The van der Waals surface area contributed by atoms with E-state index in [9.17, 15) is 19.5 Å². The zero-order valence-electron chi connectivity index (χ0n) is 17.3. The molecule has 0 bridgehead atoms. The van der Waals surface area contributed by atoms with Crippen molar-refractivity contribution in [2.24, 2.45) is 5.73 Å². The molecule has 1 aromatic heterocycles. The van der Waals surface area contributed by atoms with Crippen LogP contribution < -0.4 is 11.1 Å². The van der Waals surface area contributed by atoms with Gasteiger partial charge >= 0.3 is 5.97 Å². The van der Waals surface area contributed by atoms with E-state index in [4.69, 9.17) is 5.73 Å². The monoisotopic (exact) mass is 523 g/mol. The van der Waals surface area contributed by atoms with Crippen molar-refractivity contribution in [2.75, 3.05) is 18.1 Å². The van der Waals surface area contributed by atoms with Crippen molar-refractivity contribution >= 4 is 64.6 Å². The number of thioether (sulfide) groups is 3. The normalized spacial score (nSPS) is 19.8. The molecule has 2 aliphatic rings. The highest BCUT2D eigenvalue weighted by molar-refractivity contribution is 8.07. The molecule has 13 heteroatoms. The number of β-lactam (4-membered cyclic amide) rings is 1. The number of hydrogen-bond donors (Lipinski definition) is 3. The van der Waals surface area contributed by atoms with Gasteiger partial charge in [-0.15, -0.1) is 16.9 Å². The Bertz CT molecular complexity index is 1080. The topological polar surface area (TPSA) is 139 Å². The maximum absolute atomic E-state index is 12.8. The number of carbonyl (C=O) groups is 3. The van der Waals surface area contributed by atoms with E-state index in [1.807, 2.05) is 30.3 Å². The molecule has 174 valence electrons. The molecule has 2 aromatic rings. The van der Waals surface area contributed by atoms with Gasteiger partial charge in [-0.1, -0.05) is 46.6 Å². The number of carbonyl (C=O) groups excluding carboxylic acids is 2. The van der Waals surface area contributed by atoms with Crippen molar-refractivity contribution in [3.63, 3.8) is 0 Å². The van der Waals surface area contributed by atoms with Crippen LogP contribution in [0.25, 0.3) is 0 Å². The fourth-order valence-electron chi connectivity index (χ4n) is 3.40. The van der Waals surface area contributed by atoms with Gasteiger partial charge in [-0.2, -0.15) is 11.8 Å². The van der Waals surface area contributed by atoms with Crippen molar-refractivity contribution in [1.82, 2.24) is 19.8 Å². The van der Waals surface area contributed by atoms with Crippen LogP contribution in [0.15, 0.2) is 45.1 Å². The molecule has 33 heavy (non-hydrogen) atoms. The summed E-state index contributed by atoms with van der Waals surface area (Å²) in [7, 11) is 0. The molecule has 4 N–H and O–H groups in total. The first kappa shape index (κ1) is 24.1. The van der Waals surface area contributed by atoms with E-state index >= 15 is 0 Å². The molecule has 2 atom stereocenters. The number of nitrogens with one attached hydrogen (secondary N) is 1. The third-order valence-electron chi connectivity index (χ3n) is 4.90. The molecular formula is C20H21N5O4S4. The Morgan fingerprint density at radius 1 is 1.30 bits per heavy atom. The van der Waals surface area contributed by atoms with E-state index in [2.05, 4.69) is 14.9 Å². The van der Waals surface area contributed by atoms with Gasteiger partial charge in [-0.25, -0.2) is 4.79 Å². The second-order valence-corrected chi connectivity index (χ2v) is 11.5. The Hall–Kier alpha value is -2.06. The summed E-state index contributed by atoms with van der Waals surface area (Å²) in [6.45, 7) is 0.567. The first-order valence-corrected chi connectivity index (χ1v) is 13.8. The summed E-state index contributed by atoms with van der Waals surface area (Å²) in [6, 6.07) is 8.51. The van der Waals surface area contributed by atoms with E-state index in [0.717, 1.165) is 21.2 Å². The second-order valence-electron chi connectivity index (χ2n) is 7.14. The highest BCUT2D eigenvalue weighted by Crippen LogP contribution is 2.46. The lowest BCUT2D eigenvalue weighted by atomic mass is 10.0. The molecule has 2 amide bonds. The number of hydrogen-bond acceptors (Lipinski definition) is 10. The standard InChI is InChI=1S/C20H21N5O4S4/c21-6-7-30-9-12-20(33-24-23-12)32-13-10-31-18-15(17(27)25(18)16(13)19(28)29)22-14(26)8-11-4-2-1-3-5-11/h1-5,15,18H,6-10,21H2,(H,22,26)(H,28,29)/t15-,18+/m1/s1. The maximum Gasteiger partial charge on any atom is 0.353 e. The fourth-order valence-corrected chi connectivity index (χ4v) is 7.65. The first-order chi connectivity index (χ1) is 16.0. The van der Waals surface area contributed by atoms with E-state index < -0.39 is 23.3 Å². The number of aromatic nitrogens is 2. The average molecular weight is 524 g/mol. The molecule has 0 radical (unpaired) electrons. The van der Waals surface area contributed by atoms with E-state index in [-0.39, 0.29) is 18.0 Å². The predicted octanol–water partition coefficient (Wildman–Crippen LogP) is 1.76. The number of carboxylic acids is 1. The van der Waals surface area contributed by atoms with Gasteiger partial charge in [0.2, 0.25) is 5.91 Å². The van der Waals surface area contributed by atoms with Gasteiger partial charge < -0.3 is 16.2 Å². The summed E-state index contributed by atoms with van der Waals surface area (Å²) in [6.07, 6.45) is 0.161. The van der Waals surface area contributed by atoms with Crippen molar-refractivity contribution < 1.29 is 19.5 Å².